The molecule has 0 amide bonds. The summed E-state index contributed by atoms with van der Waals surface area (Å²) in [4.78, 5) is 0. The molecule has 0 aromatic carbocycles. The van der Waals surface area contributed by atoms with Gasteiger partial charge < -0.3 is 0 Å². The fraction of sp³-hybridized carbons (Fsp3) is 1.00. The molecule has 58 valence electrons. The number of rotatable bonds is 3. The van der Waals surface area contributed by atoms with E-state index >= 15 is 0 Å². The second-order valence-corrected chi connectivity index (χ2v) is 4.17. The Bertz CT molecular complexity index is 96.6. The van der Waals surface area contributed by atoms with Crippen LogP contribution >= 0.6 is 0 Å². The Kier molecular flexibility index (Phi) is 1.97. The molecule has 0 aromatic heterocycles. The van der Waals surface area contributed by atoms with Gasteiger partial charge in [0.25, 0.3) is 0 Å². The molecule has 10 heavy (non-hydrogen) atoms. The van der Waals surface area contributed by atoms with E-state index in [9.17, 15) is 0 Å². The van der Waals surface area contributed by atoms with Crippen molar-refractivity contribution in [2.75, 3.05) is 0 Å². The molecule has 0 nitrogen and oxygen atoms in total. The van der Waals surface area contributed by atoms with Crippen molar-refractivity contribution in [3.8, 4) is 0 Å². The van der Waals surface area contributed by atoms with Crippen molar-refractivity contribution in [3.05, 3.63) is 0 Å². The standard InChI is InChI=1S/C10H18/c1-2-4-9(3-1)5-6-10-7-8-10/h9-10H,1-8H2. The van der Waals surface area contributed by atoms with Gasteiger partial charge in [-0.3, -0.25) is 0 Å². The Morgan fingerprint density at radius 2 is 1.20 bits per heavy atom. The molecule has 0 saturated heterocycles. The lowest BCUT2D eigenvalue weighted by atomic mass is 10.0. The molecular formula is C10H18. The third-order valence-corrected chi connectivity index (χ3v) is 3.15. The van der Waals surface area contributed by atoms with E-state index in [2.05, 4.69) is 0 Å². The maximum atomic E-state index is 1.56. The maximum Gasteiger partial charge on any atom is -0.0414 e. The third-order valence-electron chi connectivity index (χ3n) is 3.15. The van der Waals surface area contributed by atoms with E-state index in [1.807, 2.05) is 0 Å². The molecule has 0 heterocycles. The molecule has 0 aliphatic heterocycles. The maximum absolute atomic E-state index is 1.56. The quantitative estimate of drug-likeness (QED) is 0.561. The van der Waals surface area contributed by atoms with Gasteiger partial charge >= 0.3 is 0 Å². The zero-order chi connectivity index (χ0) is 6.81. The summed E-state index contributed by atoms with van der Waals surface area (Å²) in [5.74, 6) is 2.31. The Hall–Kier alpha value is 0. The average Bonchev–Trinajstić information content (AvgIpc) is 2.63. The van der Waals surface area contributed by atoms with Gasteiger partial charge in [-0.1, -0.05) is 51.4 Å². The fourth-order valence-corrected chi connectivity index (χ4v) is 2.18. The summed E-state index contributed by atoms with van der Waals surface area (Å²) in [7, 11) is 0. The van der Waals surface area contributed by atoms with Crippen LogP contribution in [0, 0.1) is 11.8 Å². The minimum atomic E-state index is 1.14. The third kappa shape index (κ3) is 1.74. The van der Waals surface area contributed by atoms with E-state index in [-0.39, 0.29) is 0 Å². The molecule has 0 unspecified atom stereocenters. The highest BCUT2D eigenvalue weighted by atomic mass is 14.3. The smallest absolute Gasteiger partial charge is 0.0414 e. The first kappa shape index (κ1) is 6.69. The van der Waals surface area contributed by atoms with Crippen LogP contribution < -0.4 is 0 Å². The van der Waals surface area contributed by atoms with Gasteiger partial charge in [0.15, 0.2) is 0 Å². The minimum absolute atomic E-state index is 1.14. The van der Waals surface area contributed by atoms with Gasteiger partial charge in [0, 0.05) is 0 Å². The molecule has 2 saturated carbocycles. The highest BCUT2D eigenvalue weighted by molar-refractivity contribution is 4.76. The summed E-state index contributed by atoms with van der Waals surface area (Å²) >= 11 is 0. The van der Waals surface area contributed by atoms with Gasteiger partial charge in [0.05, 0.1) is 0 Å². The first-order valence-electron chi connectivity index (χ1n) is 4.95. The predicted octanol–water partition coefficient (Wildman–Crippen LogP) is 3.37. The van der Waals surface area contributed by atoms with Crippen molar-refractivity contribution in [2.24, 2.45) is 11.8 Å². The van der Waals surface area contributed by atoms with Crippen LogP contribution in [-0.2, 0) is 0 Å². The average molecular weight is 138 g/mol. The Morgan fingerprint density at radius 1 is 0.700 bits per heavy atom. The van der Waals surface area contributed by atoms with Gasteiger partial charge in [-0.05, 0) is 11.8 Å². The Balaban J connectivity index is 1.59. The lowest BCUT2D eigenvalue weighted by Crippen LogP contribution is -1.92. The summed E-state index contributed by atoms with van der Waals surface area (Å²) in [5.41, 5.74) is 0. The van der Waals surface area contributed by atoms with Gasteiger partial charge in [0.2, 0.25) is 0 Å². The molecule has 0 bridgehead atoms. The molecule has 0 atom stereocenters. The van der Waals surface area contributed by atoms with Crippen LogP contribution in [0.2, 0.25) is 0 Å². The minimum Gasteiger partial charge on any atom is -0.0530 e. The van der Waals surface area contributed by atoms with E-state index in [4.69, 9.17) is 0 Å². The summed E-state index contributed by atoms with van der Waals surface area (Å²) in [6.07, 6.45) is 12.4. The van der Waals surface area contributed by atoms with Crippen molar-refractivity contribution in [1.29, 1.82) is 0 Å². The van der Waals surface area contributed by atoms with Gasteiger partial charge in [-0.15, -0.1) is 0 Å². The topological polar surface area (TPSA) is 0 Å². The van der Waals surface area contributed by atoms with Crippen LogP contribution in [0.5, 0.6) is 0 Å². The summed E-state index contributed by atoms with van der Waals surface area (Å²) in [5, 5.41) is 0. The molecule has 2 aliphatic rings. The molecule has 0 spiro atoms. The van der Waals surface area contributed by atoms with Crippen molar-refractivity contribution in [2.45, 2.75) is 51.4 Å². The summed E-state index contributed by atoms with van der Waals surface area (Å²) in [6, 6.07) is 0. The zero-order valence-electron chi connectivity index (χ0n) is 6.81. The summed E-state index contributed by atoms with van der Waals surface area (Å²) in [6.45, 7) is 0. The van der Waals surface area contributed by atoms with Gasteiger partial charge in [-0.25, -0.2) is 0 Å². The Labute approximate surface area is 64.0 Å². The molecule has 2 rings (SSSR count). The molecule has 0 aromatic rings. The normalized spacial score (nSPS) is 27.6. The first-order chi connectivity index (χ1) is 4.95. The summed E-state index contributed by atoms with van der Waals surface area (Å²) < 4.78 is 0. The lowest BCUT2D eigenvalue weighted by molar-refractivity contribution is 0.466. The second kappa shape index (κ2) is 2.94. The van der Waals surface area contributed by atoms with Crippen molar-refractivity contribution in [1.82, 2.24) is 0 Å². The van der Waals surface area contributed by atoms with Gasteiger partial charge in [-0.2, -0.15) is 0 Å². The van der Waals surface area contributed by atoms with Crippen LogP contribution in [0.4, 0.5) is 0 Å². The molecule has 2 aliphatic carbocycles. The van der Waals surface area contributed by atoms with E-state index in [0.717, 1.165) is 5.92 Å². The van der Waals surface area contributed by atoms with Crippen LogP contribution in [0.1, 0.15) is 51.4 Å². The van der Waals surface area contributed by atoms with Crippen LogP contribution in [-0.4, -0.2) is 0 Å². The van der Waals surface area contributed by atoms with E-state index in [1.165, 1.54) is 18.8 Å². The van der Waals surface area contributed by atoms with Crippen LogP contribution in [0.15, 0.2) is 0 Å². The molecule has 0 N–H and O–H groups in total. The predicted molar refractivity (Wildman–Crippen MR) is 43.9 cm³/mol. The second-order valence-electron chi connectivity index (χ2n) is 4.17. The molecular weight excluding hydrogens is 120 g/mol. The van der Waals surface area contributed by atoms with Crippen molar-refractivity contribution >= 4 is 0 Å². The monoisotopic (exact) mass is 138 g/mol. The van der Waals surface area contributed by atoms with E-state index < -0.39 is 0 Å². The van der Waals surface area contributed by atoms with Crippen LogP contribution in [0.3, 0.4) is 0 Å². The number of hydrogen-bond acceptors (Lipinski definition) is 0. The first-order valence-corrected chi connectivity index (χ1v) is 4.95. The van der Waals surface area contributed by atoms with E-state index in [1.54, 1.807) is 38.5 Å². The zero-order valence-corrected chi connectivity index (χ0v) is 6.81. The lowest BCUT2D eigenvalue weighted by Gasteiger charge is -2.06. The van der Waals surface area contributed by atoms with Gasteiger partial charge in [0.1, 0.15) is 0 Å². The largest absolute Gasteiger partial charge is 0.0530 e. The highest BCUT2D eigenvalue weighted by Gasteiger charge is 2.23. The van der Waals surface area contributed by atoms with E-state index in [0.29, 0.717) is 0 Å². The SMILES string of the molecule is C1CCC(CCC2CC2)C1. The van der Waals surface area contributed by atoms with Crippen LogP contribution in [0.25, 0.3) is 0 Å². The Morgan fingerprint density at radius 3 is 1.70 bits per heavy atom. The highest BCUT2D eigenvalue weighted by Crippen LogP contribution is 2.37. The molecule has 2 fully saturated rings. The fourth-order valence-electron chi connectivity index (χ4n) is 2.18. The number of hydrogen-bond donors (Lipinski definition) is 0. The van der Waals surface area contributed by atoms with Crippen molar-refractivity contribution < 1.29 is 0 Å². The molecule has 0 heteroatoms. The van der Waals surface area contributed by atoms with Crippen molar-refractivity contribution in [3.63, 3.8) is 0 Å². The molecule has 0 radical (unpaired) electrons.